The molecule has 2 rings (SSSR count). The van der Waals surface area contributed by atoms with Crippen molar-refractivity contribution in [3.05, 3.63) is 22.7 Å². The Hall–Kier alpha value is -1.10. The normalized spacial score (nSPS) is 10.8. The van der Waals surface area contributed by atoms with Crippen molar-refractivity contribution in [3.8, 4) is 0 Å². The van der Waals surface area contributed by atoms with Gasteiger partial charge in [0.1, 0.15) is 10.4 Å². The number of hydrogen-bond acceptors (Lipinski definition) is 3. The van der Waals surface area contributed by atoms with Crippen LogP contribution in [-0.2, 0) is 0 Å². The standard InChI is InChI=1S/C7H7BrN4/c1-4-7-11-6(9)3-12(7)2-5(8)10-4/h2-3H,9H2,1H3. The number of anilines is 1. The lowest BCUT2D eigenvalue weighted by atomic mass is 10.5. The van der Waals surface area contributed by atoms with Gasteiger partial charge in [0.05, 0.1) is 11.9 Å². The van der Waals surface area contributed by atoms with Gasteiger partial charge in [-0.1, -0.05) is 0 Å². The van der Waals surface area contributed by atoms with Crippen molar-refractivity contribution in [2.45, 2.75) is 6.92 Å². The van der Waals surface area contributed by atoms with Crippen molar-refractivity contribution in [2.75, 3.05) is 5.73 Å². The molecule has 0 saturated carbocycles. The van der Waals surface area contributed by atoms with E-state index in [1.807, 2.05) is 17.5 Å². The van der Waals surface area contributed by atoms with Gasteiger partial charge in [-0.15, -0.1) is 0 Å². The van der Waals surface area contributed by atoms with Crippen LogP contribution in [0.15, 0.2) is 17.0 Å². The number of imidazole rings is 1. The molecular formula is C7H7BrN4. The number of aryl methyl sites for hydroxylation is 1. The number of aromatic nitrogens is 3. The van der Waals surface area contributed by atoms with Crippen LogP contribution in [0.25, 0.3) is 5.65 Å². The van der Waals surface area contributed by atoms with Crippen LogP contribution in [0.1, 0.15) is 5.69 Å². The van der Waals surface area contributed by atoms with Crippen LogP contribution in [0.4, 0.5) is 5.82 Å². The summed E-state index contributed by atoms with van der Waals surface area (Å²) in [4.78, 5) is 8.30. The molecule has 5 heteroatoms. The Balaban J connectivity index is 2.88. The number of nitrogens with two attached hydrogens (primary N) is 1. The summed E-state index contributed by atoms with van der Waals surface area (Å²) >= 11 is 3.29. The summed E-state index contributed by atoms with van der Waals surface area (Å²) in [5.41, 5.74) is 7.20. The Labute approximate surface area is 77.6 Å². The van der Waals surface area contributed by atoms with Gasteiger partial charge >= 0.3 is 0 Å². The predicted octanol–water partition coefficient (Wildman–Crippen LogP) is 1.38. The summed E-state index contributed by atoms with van der Waals surface area (Å²) in [6.45, 7) is 1.90. The van der Waals surface area contributed by atoms with Crippen LogP contribution in [0.3, 0.4) is 0 Å². The van der Waals surface area contributed by atoms with Crippen molar-refractivity contribution >= 4 is 27.4 Å². The van der Waals surface area contributed by atoms with Crippen molar-refractivity contribution < 1.29 is 0 Å². The van der Waals surface area contributed by atoms with Gasteiger partial charge < -0.3 is 10.1 Å². The van der Waals surface area contributed by atoms with Crippen molar-refractivity contribution in [1.29, 1.82) is 0 Å². The van der Waals surface area contributed by atoms with Gasteiger partial charge in [-0.25, -0.2) is 9.97 Å². The second kappa shape index (κ2) is 2.45. The van der Waals surface area contributed by atoms with E-state index in [9.17, 15) is 0 Å². The third-order valence-electron chi connectivity index (χ3n) is 1.59. The van der Waals surface area contributed by atoms with Crippen LogP contribution in [0, 0.1) is 6.92 Å². The molecule has 2 heterocycles. The number of fused-ring (bicyclic) bond motifs is 1. The van der Waals surface area contributed by atoms with E-state index in [4.69, 9.17) is 5.73 Å². The fraction of sp³-hybridized carbons (Fsp3) is 0.143. The fourth-order valence-electron chi connectivity index (χ4n) is 1.13. The van der Waals surface area contributed by atoms with E-state index in [2.05, 4.69) is 25.9 Å². The topological polar surface area (TPSA) is 56.2 Å². The monoisotopic (exact) mass is 226 g/mol. The highest BCUT2D eigenvalue weighted by atomic mass is 79.9. The highest BCUT2D eigenvalue weighted by molar-refractivity contribution is 9.10. The average molecular weight is 227 g/mol. The molecule has 2 aromatic rings. The first kappa shape index (κ1) is 7.54. The van der Waals surface area contributed by atoms with Gasteiger partial charge in [-0.2, -0.15) is 0 Å². The van der Waals surface area contributed by atoms with Gasteiger partial charge in [0.25, 0.3) is 0 Å². The molecule has 0 bridgehead atoms. The lowest BCUT2D eigenvalue weighted by Crippen LogP contribution is -1.91. The first-order chi connectivity index (χ1) is 5.66. The Bertz CT molecular complexity index is 434. The fourth-order valence-corrected chi connectivity index (χ4v) is 1.62. The quantitative estimate of drug-likeness (QED) is 0.739. The number of rotatable bonds is 0. The molecule has 0 aliphatic heterocycles. The Morgan fingerprint density at radius 1 is 1.42 bits per heavy atom. The van der Waals surface area contributed by atoms with Crippen molar-refractivity contribution in [3.63, 3.8) is 0 Å². The molecular weight excluding hydrogens is 220 g/mol. The second-order valence-electron chi connectivity index (χ2n) is 2.55. The zero-order valence-corrected chi connectivity index (χ0v) is 8.04. The van der Waals surface area contributed by atoms with Gasteiger partial charge in [0.2, 0.25) is 0 Å². The minimum Gasteiger partial charge on any atom is -0.382 e. The third-order valence-corrected chi connectivity index (χ3v) is 1.98. The lowest BCUT2D eigenvalue weighted by molar-refractivity contribution is 1.05. The van der Waals surface area contributed by atoms with E-state index in [1.165, 1.54) is 0 Å². The summed E-state index contributed by atoms with van der Waals surface area (Å²) in [5.74, 6) is 0.512. The largest absolute Gasteiger partial charge is 0.382 e. The van der Waals surface area contributed by atoms with Crippen LogP contribution in [0.5, 0.6) is 0 Å². The van der Waals surface area contributed by atoms with Gasteiger partial charge in [0.15, 0.2) is 5.65 Å². The molecule has 0 spiro atoms. The minimum atomic E-state index is 0.512. The van der Waals surface area contributed by atoms with Crippen LogP contribution >= 0.6 is 15.9 Å². The highest BCUT2D eigenvalue weighted by Gasteiger charge is 2.03. The first-order valence-electron chi connectivity index (χ1n) is 3.44. The van der Waals surface area contributed by atoms with Crippen molar-refractivity contribution in [2.24, 2.45) is 0 Å². The van der Waals surface area contributed by atoms with E-state index in [0.29, 0.717) is 5.82 Å². The molecule has 2 N–H and O–H groups in total. The van der Waals surface area contributed by atoms with E-state index in [0.717, 1.165) is 15.9 Å². The smallest absolute Gasteiger partial charge is 0.160 e. The zero-order valence-electron chi connectivity index (χ0n) is 6.45. The maximum Gasteiger partial charge on any atom is 0.160 e. The maximum absolute atomic E-state index is 5.53. The molecule has 12 heavy (non-hydrogen) atoms. The molecule has 0 saturated heterocycles. The number of hydrogen-bond donors (Lipinski definition) is 1. The molecule has 0 atom stereocenters. The summed E-state index contributed by atoms with van der Waals surface area (Å²) in [7, 11) is 0. The number of nitrogen functional groups attached to an aromatic ring is 1. The highest BCUT2D eigenvalue weighted by Crippen LogP contribution is 2.13. The zero-order chi connectivity index (χ0) is 8.72. The Morgan fingerprint density at radius 2 is 2.17 bits per heavy atom. The molecule has 0 unspecified atom stereocenters. The summed E-state index contributed by atoms with van der Waals surface area (Å²) in [6.07, 6.45) is 3.58. The van der Waals surface area contributed by atoms with E-state index in [-0.39, 0.29) is 0 Å². The van der Waals surface area contributed by atoms with Gasteiger partial charge in [-0.05, 0) is 22.9 Å². The lowest BCUT2D eigenvalue weighted by Gasteiger charge is -1.96. The molecule has 0 aromatic carbocycles. The molecule has 2 aromatic heterocycles. The third kappa shape index (κ3) is 1.06. The Kier molecular flexibility index (Phi) is 1.54. The molecule has 0 aliphatic rings. The van der Waals surface area contributed by atoms with Gasteiger partial charge in [-0.3, -0.25) is 0 Å². The molecule has 0 amide bonds. The number of nitrogens with zero attached hydrogens (tertiary/aromatic N) is 3. The Morgan fingerprint density at radius 3 is 2.92 bits per heavy atom. The molecule has 0 fully saturated rings. The molecule has 4 nitrogen and oxygen atoms in total. The van der Waals surface area contributed by atoms with Crippen molar-refractivity contribution in [1.82, 2.24) is 14.4 Å². The maximum atomic E-state index is 5.53. The van der Waals surface area contributed by atoms with Crippen LogP contribution in [-0.4, -0.2) is 14.4 Å². The van der Waals surface area contributed by atoms with Crippen LogP contribution in [0.2, 0.25) is 0 Å². The van der Waals surface area contributed by atoms with E-state index < -0.39 is 0 Å². The summed E-state index contributed by atoms with van der Waals surface area (Å²) < 4.78 is 2.63. The summed E-state index contributed by atoms with van der Waals surface area (Å²) in [5, 5.41) is 0. The minimum absolute atomic E-state index is 0.512. The van der Waals surface area contributed by atoms with Gasteiger partial charge in [0, 0.05) is 6.20 Å². The predicted molar refractivity (Wildman–Crippen MR) is 49.8 cm³/mol. The molecule has 62 valence electrons. The molecule has 0 aliphatic carbocycles. The average Bonchev–Trinajstić information content (AvgIpc) is 2.29. The number of halogens is 1. The van der Waals surface area contributed by atoms with Crippen LogP contribution < -0.4 is 5.73 Å². The molecule has 0 radical (unpaired) electrons. The second-order valence-corrected chi connectivity index (χ2v) is 3.36. The van der Waals surface area contributed by atoms with E-state index >= 15 is 0 Å². The first-order valence-corrected chi connectivity index (χ1v) is 4.23. The summed E-state index contributed by atoms with van der Waals surface area (Å²) in [6, 6.07) is 0. The van der Waals surface area contributed by atoms with E-state index in [1.54, 1.807) is 6.20 Å². The SMILES string of the molecule is Cc1nc(Br)cn2cc(N)nc12.